The van der Waals surface area contributed by atoms with E-state index in [0.717, 1.165) is 22.4 Å². The molecule has 0 aromatic heterocycles. The van der Waals surface area contributed by atoms with Gasteiger partial charge in [-0.15, -0.1) is 0 Å². The van der Waals surface area contributed by atoms with Crippen LogP contribution in [-0.2, 0) is 6.42 Å². The lowest BCUT2D eigenvalue weighted by molar-refractivity contribution is 0.642. The molecule has 1 aliphatic heterocycles. The zero-order valence-corrected chi connectivity index (χ0v) is 7.23. The lowest BCUT2D eigenvalue weighted by Gasteiger charge is -1.87. The van der Waals surface area contributed by atoms with Gasteiger partial charge in [0.05, 0.1) is 4.47 Å². The zero-order valence-electron chi connectivity index (χ0n) is 5.65. The van der Waals surface area contributed by atoms with Crippen LogP contribution in [0.2, 0.25) is 0 Å². The first kappa shape index (κ1) is 6.23. The van der Waals surface area contributed by atoms with E-state index in [0.29, 0.717) is 0 Å². The van der Waals surface area contributed by atoms with Gasteiger partial charge in [0, 0.05) is 0 Å². The Morgan fingerprint density at radius 2 is 2.20 bits per heavy atom. The molecule has 1 aromatic rings. The summed E-state index contributed by atoms with van der Waals surface area (Å²) in [5, 5.41) is 0. The van der Waals surface area contributed by atoms with Crippen LogP contribution in [-0.4, -0.2) is 0 Å². The van der Waals surface area contributed by atoms with Gasteiger partial charge < -0.3 is 4.74 Å². The van der Waals surface area contributed by atoms with Crippen LogP contribution in [0, 0.1) is 0 Å². The summed E-state index contributed by atoms with van der Waals surface area (Å²) in [4.78, 5) is 0. The topological polar surface area (TPSA) is 12.5 Å². The van der Waals surface area contributed by atoms with E-state index in [1.54, 1.807) is 0 Å². The highest BCUT2D eigenvalue weighted by Gasteiger charge is 2.26. The molecule has 1 aromatic carbocycles. The maximum absolute atomic E-state index is 5.24. The number of benzene rings is 1. The minimum Gasteiger partial charge on any atom is -0.448 e. The molecular weight excluding hydrogens is 192 g/mol. The number of hydrogen-bond acceptors (Lipinski definition) is 1. The van der Waals surface area contributed by atoms with E-state index in [9.17, 15) is 0 Å². The molecular formula is C8H7BrO. The van der Waals surface area contributed by atoms with Gasteiger partial charge in [-0.25, -0.2) is 0 Å². The fraction of sp³-hybridized carbons (Fsp3) is 0.250. The van der Waals surface area contributed by atoms with E-state index in [1.807, 2.05) is 6.07 Å². The van der Waals surface area contributed by atoms with Crippen molar-refractivity contribution in [1.29, 1.82) is 0 Å². The first-order chi connectivity index (χ1) is 4.83. The normalized spacial score (nSPS) is 12.2. The molecule has 0 atom stereocenters. The maximum Gasteiger partial charge on any atom is 0.184 e. The molecule has 0 aliphatic carbocycles. The van der Waals surface area contributed by atoms with E-state index < -0.39 is 0 Å². The Balaban J connectivity index is 2.53. The third kappa shape index (κ3) is 0.754. The predicted molar refractivity (Wildman–Crippen MR) is 43.6 cm³/mol. The molecule has 0 fully saturated rings. The molecule has 0 bridgehead atoms. The number of fused-ring (bicyclic) bond motifs is 1. The number of aryl methyl sites for hydroxylation is 1. The molecule has 0 radical (unpaired) electrons. The second-order valence-electron chi connectivity index (χ2n) is 2.32. The van der Waals surface area contributed by atoms with Crippen molar-refractivity contribution in [2.75, 3.05) is 0 Å². The summed E-state index contributed by atoms with van der Waals surface area (Å²) in [7, 11) is 0. The summed E-state index contributed by atoms with van der Waals surface area (Å²) >= 11 is 3.39. The van der Waals surface area contributed by atoms with Crippen LogP contribution in [0.25, 0.3) is 0 Å². The summed E-state index contributed by atoms with van der Waals surface area (Å²) in [5.41, 5.74) is 1.30. The molecule has 0 spiro atoms. The number of hydrogen-bond donors (Lipinski definition) is 0. The van der Waals surface area contributed by atoms with Crippen molar-refractivity contribution in [2.24, 2.45) is 0 Å². The summed E-state index contributed by atoms with van der Waals surface area (Å²) in [6.45, 7) is 2.13. The van der Waals surface area contributed by atoms with Crippen molar-refractivity contribution in [2.45, 2.75) is 13.3 Å². The lowest BCUT2D eigenvalue weighted by atomic mass is 10.2. The van der Waals surface area contributed by atoms with Gasteiger partial charge in [-0.05, 0) is 34.0 Å². The molecule has 0 N–H and O–H groups in total. The number of rotatable bonds is 1. The van der Waals surface area contributed by atoms with Crippen LogP contribution in [0.5, 0.6) is 11.5 Å². The maximum atomic E-state index is 5.24. The molecule has 2 rings (SSSR count). The van der Waals surface area contributed by atoms with Crippen LogP contribution in [0.15, 0.2) is 16.6 Å². The lowest BCUT2D eigenvalue weighted by Crippen LogP contribution is -1.71. The second kappa shape index (κ2) is 1.99. The quantitative estimate of drug-likeness (QED) is 0.642. The monoisotopic (exact) mass is 198 g/mol. The van der Waals surface area contributed by atoms with Gasteiger partial charge in [-0.2, -0.15) is 0 Å². The minimum absolute atomic E-state index is 1.03. The predicted octanol–water partition coefficient (Wildman–Crippen LogP) is 3.12. The molecule has 2 heteroatoms. The Kier molecular flexibility index (Phi) is 1.24. The minimum atomic E-state index is 1.03. The average Bonchev–Trinajstić information content (AvgIpc) is 2.68. The Morgan fingerprint density at radius 1 is 1.40 bits per heavy atom. The van der Waals surface area contributed by atoms with Crippen molar-refractivity contribution >= 4 is 15.9 Å². The third-order valence-corrected chi connectivity index (χ3v) is 2.31. The summed E-state index contributed by atoms with van der Waals surface area (Å²) < 4.78 is 6.31. The number of halogens is 1. The summed E-state index contributed by atoms with van der Waals surface area (Å²) in [5.74, 6) is 2.11. The van der Waals surface area contributed by atoms with Crippen molar-refractivity contribution < 1.29 is 4.74 Å². The van der Waals surface area contributed by atoms with Crippen LogP contribution >= 0.6 is 15.9 Å². The highest BCUT2D eigenvalue weighted by Crippen LogP contribution is 2.53. The fourth-order valence-corrected chi connectivity index (χ4v) is 1.44. The number of ether oxygens (including phenoxy) is 1. The Morgan fingerprint density at radius 3 is 2.90 bits per heavy atom. The van der Waals surface area contributed by atoms with Crippen LogP contribution in [0.3, 0.4) is 0 Å². The third-order valence-electron chi connectivity index (χ3n) is 1.69. The van der Waals surface area contributed by atoms with Gasteiger partial charge in [0.1, 0.15) is 0 Å². The molecule has 0 unspecified atom stereocenters. The van der Waals surface area contributed by atoms with E-state index in [2.05, 4.69) is 28.9 Å². The molecule has 1 nitrogen and oxygen atoms in total. The zero-order chi connectivity index (χ0) is 7.14. The van der Waals surface area contributed by atoms with Crippen molar-refractivity contribution in [3.63, 3.8) is 0 Å². The molecule has 0 amide bonds. The van der Waals surface area contributed by atoms with E-state index in [-0.39, 0.29) is 0 Å². The van der Waals surface area contributed by atoms with Crippen molar-refractivity contribution in [3.05, 3.63) is 22.2 Å². The molecule has 1 heterocycles. The smallest absolute Gasteiger partial charge is 0.184 e. The van der Waals surface area contributed by atoms with Gasteiger partial charge >= 0.3 is 0 Å². The summed E-state index contributed by atoms with van der Waals surface area (Å²) in [6.07, 6.45) is 1.05. The SMILES string of the molecule is CCc1ccc(Br)c2c1O2. The van der Waals surface area contributed by atoms with Crippen LogP contribution < -0.4 is 4.74 Å². The van der Waals surface area contributed by atoms with Crippen molar-refractivity contribution in [1.82, 2.24) is 0 Å². The Labute approximate surface area is 68.1 Å². The molecule has 0 saturated heterocycles. The van der Waals surface area contributed by atoms with Crippen LogP contribution in [0.4, 0.5) is 0 Å². The molecule has 52 valence electrons. The van der Waals surface area contributed by atoms with Gasteiger partial charge in [0.25, 0.3) is 0 Å². The van der Waals surface area contributed by atoms with Gasteiger partial charge in [0.2, 0.25) is 0 Å². The fourth-order valence-electron chi connectivity index (χ4n) is 1.05. The average molecular weight is 199 g/mol. The Bertz CT molecular complexity index is 281. The van der Waals surface area contributed by atoms with Gasteiger partial charge in [-0.1, -0.05) is 13.0 Å². The van der Waals surface area contributed by atoms with Crippen molar-refractivity contribution in [3.8, 4) is 11.5 Å². The Hall–Kier alpha value is -0.500. The standard InChI is InChI=1S/C8H7BrO/c1-2-5-3-4-6(9)8-7(5)10-8/h3-4H,2H2,1H3. The van der Waals surface area contributed by atoms with Crippen LogP contribution in [0.1, 0.15) is 12.5 Å². The van der Waals surface area contributed by atoms with E-state index in [1.165, 1.54) is 5.56 Å². The van der Waals surface area contributed by atoms with E-state index >= 15 is 0 Å². The first-order valence-corrected chi connectivity index (χ1v) is 4.11. The molecule has 1 aliphatic rings. The first-order valence-electron chi connectivity index (χ1n) is 3.32. The highest BCUT2D eigenvalue weighted by atomic mass is 79.9. The molecule has 0 saturated carbocycles. The van der Waals surface area contributed by atoms with E-state index in [4.69, 9.17) is 4.74 Å². The largest absolute Gasteiger partial charge is 0.448 e. The molecule has 10 heavy (non-hydrogen) atoms. The van der Waals surface area contributed by atoms with Gasteiger partial charge in [-0.3, -0.25) is 0 Å². The highest BCUT2D eigenvalue weighted by molar-refractivity contribution is 9.10. The second-order valence-corrected chi connectivity index (χ2v) is 3.17. The summed E-state index contributed by atoms with van der Waals surface area (Å²) in [6, 6.07) is 4.13. The van der Waals surface area contributed by atoms with Gasteiger partial charge in [0.15, 0.2) is 11.5 Å².